The summed E-state index contributed by atoms with van der Waals surface area (Å²) < 4.78 is 5.17. The number of anilines is 2. The van der Waals surface area contributed by atoms with Gasteiger partial charge in [0, 0.05) is 23.6 Å². The molecule has 10 nitrogen and oxygen atoms in total. The van der Waals surface area contributed by atoms with E-state index in [4.69, 9.17) is 10.00 Å². The van der Waals surface area contributed by atoms with Crippen molar-refractivity contribution >= 4 is 17.4 Å². The molecular formula is C25H21N7O3. The molecule has 4 rings (SSSR count). The van der Waals surface area contributed by atoms with E-state index in [0.717, 1.165) is 11.1 Å². The minimum atomic E-state index is -0.379. The van der Waals surface area contributed by atoms with Crippen molar-refractivity contribution in [2.24, 2.45) is 0 Å². The number of amides is 1. The number of aromatic nitrogens is 4. The van der Waals surface area contributed by atoms with Crippen LogP contribution in [0, 0.1) is 11.3 Å². The third-order valence-corrected chi connectivity index (χ3v) is 5.13. The highest BCUT2D eigenvalue weighted by Crippen LogP contribution is 2.31. The van der Waals surface area contributed by atoms with Crippen LogP contribution in [-0.4, -0.2) is 38.1 Å². The number of carbonyl (C=O) groups is 1. The maximum absolute atomic E-state index is 12.5. The molecule has 0 saturated heterocycles. The van der Waals surface area contributed by atoms with Crippen LogP contribution in [0.2, 0.25) is 0 Å². The number of nitrogens with zero attached hydrogens (tertiary/aromatic N) is 5. The zero-order valence-electron chi connectivity index (χ0n) is 18.9. The summed E-state index contributed by atoms with van der Waals surface area (Å²) in [5, 5.41) is 24.7. The molecule has 4 aromatic rings. The molecule has 0 aliphatic rings. The van der Waals surface area contributed by atoms with E-state index in [1.807, 2.05) is 31.2 Å². The molecule has 2 heterocycles. The molecule has 0 radical (unpaired) electrons. The summed E-state index contributed by atoms with van der Waals surface area (Å²) in [7, 11) is 1.48. The maximum atomic E-state index is 12.5. The number of hydrogen-bond donors (Lipinski definition) is 3. The standard InChI is InChI=1S/C25H21N7O3/c1-15(30-24-14-27-13-20(32-24)17-6-7-21(33)22(9-17)35-2)16-4-3-5-19(8-16)31-25(34)18-11-28-23(10-26)29-12-18/h3-9,11-15,33H,1-2H3,(H,30,32)(H,31,34). The Labute approximate surface area is 201 Å². The third-order valence-electron chi connectivity index (χ3n) is 5.13. The van der Waals surface area contributed by atoms with Gasteiger partial charge in [-0.25, -0.2) is 15.0 Å². The molecule has 10 heteroatoms. The number of ether oxygens (including phenoxy) is 1. The van der Waals surface area contributed by atoms with Crippen LogP contribution in [0.15, 0.2) is 67.3 Å². The van der Waals surface area contributed by atoms with E-state index < -0.39 is 0 Å². The van der Waals surface area contributed by atoms with Crippen LogP contribution in [-0.2, 0) is 0 Å². The zero-order chi connectivity index (χ0) is 24.8. The van der Waals surface area contributed by atoms with E-state index in [0.29, 0.717) is 22.9 Å². The molecule has 3 N–H and O–H groups in total. The first-order chi connectivity index (χ1) is 17.0. The van der Waals surface area contributed by atoms with E-state index in [1.165, 1.54) is 19.5 Å². The molecular weight excluding hydrogens is 446 g/mol. The average molecular weight is 467 g/mol. The Hall–Kier alpha value is -5.04. The number of carbonyl (C=O) groups excluding carboxylic acids is 1. The molecule has 0 spiro atoms. The van der Waals surface area contributed by atoms with Gasteiger partial charge in [0.25, 0.3) is 5.91 Å². The molecule has 2 aromatic carbocycles. The molecule has 174 valence electrons. The highest BCUT2D eigenvalue weighted by molar-refractivity contribution is 6.03. The van der Waals surface area contributed by atoms with Crippen molar-refractivity contribution in [1.82, 2.24) is 19.9 Å². The Kier molecular flexibility index (Phi) is 6.78. The summed E-state index contributed by atoms with van der Waals surface area (Å²) in [5.74, 6) is 0.578. The topological polar surface area (TPSA) is 146 Å². The van der Waals surface area contributed by atoms with Crippen molar-refractivity contribution in [2.75, 3.05) is 17.7 Å². The van der Waals surface area contributed by atoms with Crippen LogP contribution in [0.3, 0.4) is 0 Å². The summed E-state index contributed by atoms with van der Waals surface area (Å²) in [4.78, 5) is 29.0. The van der Waals surface area contributed by atoms with Crippen LogP contribution < -0.4 is 15.4 Å². The molecule has 1 amide bonds. The molecule has 0 aliphatic carbocycles. The largest absolute Gasteiger partial charge is 0.504 e. The lowest BCUT2D eigenvalue weighted by Crippen LogP contribution is -2.14. The lowest BCUT2D eigenvalue weighted by Gasteiger charge is -2.16. The van der Waals surface area contributed by atoms with Crippen molar-refractivity contribution in [3.05, 3.63) is 84.2 Å². The number of benzene rings is 2. The molecule has 1 atom stereocenters. The van der Waals surface area contributed by atoms with Crippen molar-refractivity contribution in [1.29, 1.82) is 5.26 Å². The van der Waals surface area contributed by atoms with Crippen LogP contribution in [0.1, 0.15) is 34.7 Å². The van der Waals surface area contributed by atoms with E-state index in [2.05, 4.69) is 30.6 Å². The Bertz CT molecular complexity index is 1400. The fourth-order valence-electron chi connectivity index (χ4n) is 3.31. The van der Waals surface area contributed by atoms with Gasteiger partial charge in [0.1, 0.15) is 11.9 Å². The highest BCUT2D eigenvalue weighted by atomic mass is 16.5. The minimum absolute atomic E-state index is 0.000152. The number of nitrogens with one attached hydrogen (secondary N) is 2. The summed E-state index contributed by atoms with van der Waals surface area (Å²) in [6, 6.07) is 14.0. The summed E-state index contributed by atoms with van der Waals surface area (Å²) in [5.41, 5.74) is 3.13. The van der Waals surface area contributed by atoms with Gasteiger partial charge in [-0.1, -0.05) is 12.1 Å². The first kappa shape index (κ1) is 23.1. The van der Waals surface area contributed by atoms with Gasteiger partial charge in [-0.15, -0.1) is 0 Å². The summed E-state index contributed by atoms with van der Waals surface area (Å²) >= 11 is 0. The van der Waals surface area contributed by atoms with Gasteiger partial charge in [-0.05, 0) is 42.8 Å². The fourth-order valence-corrected chi connectivity index (χ4v) is 3.31. The number of aromatic hydroxyl groups is 1. The Balaban J connectivity index is 1.47. The molecule has 1 unspecified atom stereocenters. The Morgan fingerprint density at radius 2 is 1.91 bits per heavy atom. The zero-order valence-corrected chi connectivity index (χ0v) is 18.9. The van der Waals surface area contributed by atoms with Crippen LogP contribution >= 0.6 is 0 Å². The van der Waals surface area contributed by atoms with Gasteiger partial charge in [0.2, 0.25) is 5.82 Å². The second-order valence-electron chi connectivity index (χ2n) is 7.53. The molecule has 0 saturated carbocycles. The predicted molar refractivity (Wildman–Crippen MR) is 129 cm³/mol. The first-order valence-corrected chi connectivity index (χ1v) is 10.6. The molecule has 0 aliphatic heterocycles. The van der Waals surface area contributed by atoms with Crippen LogP contribution in [0.5, 0.6) is 11.5 Å². The van der Waals surface area contributed by atoms with E-state index in [-0.39, 0.29) is 29.1 Å². The van der Waals surface area contributed by atoms with Crippen molar-refractivity contribution in [2.45, 2.75) is 13.0 Å². The Morgan fingerprint density at radius 1 is 1.11 bits per heavy atom. The monoisotopic (exact) mass is 467 g/mol. The molecule has 35 heavy (non-hydrogen) atoms. The summed E-state index contributed by atoms with van der Waals surface area (Å²) in [6.45, 7) is 1.97. The van der Waals surface area contributed by atoms with Gasteiger partial charge >= 0.3 is 0 Å². The normalized spacial score (nSPS) is 11.2. The minimum Gasteiger partial charge on any atom is -0.504 e. The van der Waals surface area contributed by atoms with Gasteiger partial charge in [0.05, 0.1) is 36.8 Å². The van der Waals surface area contributed by atoms with Gasteiger partial charge < -0.3 is 20.5 Å². The smallest absolute Gasteiger partial charge is 0.258 e. The maximum Gasteiger partial charge on any atom is 0.258 e. The van der Waals surface area contributed by atoms with Crippen molar-refractivity contribution in [3.63, 3.8) is 0 Å². The van der Waals surface area contributed by atoms with Gasteiger partial charge in [-0.2, -0.15) is 5.26 Å². The van der Waals surface area contributed by atoms with Gasteiger partial charge in [-0.3, -0.25) is 9.78 Å². The number of rotatable bonds is 7. The SMILES string of the molecule is COc1cc(-c2cncc(NC(C)c3cccc(NC(=O)c4cnc(C#N)nc4)c3)n2)ccc1O. The van der Waals surface area contributed by atoms with Crippen LogP contribution in [0.4, 0.5) is 11.5 Å². The molecule has 0 bridgehead atoms. The number of hydrogen-bond acceptors (Lipinski definition) is 9. The van der Waals surface area contributed by atoms with Crippen molar-refractivity contribution in [3.8, 4) is 28.8 Å². The first-order valence-electron chi connectivity index (χ1n) is 10.6. The predicted octanol–water partition coefficient (Wildman–Crippen LogP) is 3.94. The molecule has 0 fully saturated rings. The average Bonchev–Trinajstić information content (AvgIpc) is 2.89. The Morgan fingerprint density at radius 3 is 2.66 bits per heavy atom. The van der Waals surface area contributed by atoms with Crippen LogP contribution in [0.25, 0.3) is 11.3 Å². The van der Waals surface area contributed by atoms with E-state index in [9.17, 15) is 9.90 Å². The molecule has 2 aromatic heterocycles. The second kappa shape index (κ2) is 10.3. The fraction of sp³-hybridized carbons (Fsp3) is 0.120. The second-order valence-corrected chi connectivity index (χ2v) is 7.53. The van der Waals surface area contributed by atoms with E-state index in [1.54, 1.807) is 36.7 Å². The lowest BCUT2D eigenvalue weighted by molar-refractivity contribution is 0.102. The van der Waals surface area contributed by atoms with Crippen molar-refractivity contribution < 1.29 is 14.6 Å². The quantitative estimate of drug-likeness (QED) is 0.368. The summed E-state index contributed by atoms with van der Waals surface area (Å²) in [6.07, 6.45) is 5.87. The number of nitriles is 1. The number of methoxy groups -OCH3 is 1. The highest BCUT2D eigenvalue weighted by Gasteiger charge is 2.12. The lowest BCUT2D eigenvalue weighted by atomic mass is 10.1. The van der Waals surface area contributed by atoms with E-state index >= 15 is 0 Å². The number of phenolic OH excluding ortho intramolecular Hbond substituents is 1. The third kappa shape index (κ3) is 5.48. The number of phenols is 1. The van der Waals surface area contributed by atoms with Gasteiger partial charge in [0.15, 0.2) is 11.5 Å².